The van der Waals surface area contributed by atoms with Crippen molar-refractivity contribution in [3.05, 3.63) is 58.1 Å². The second-order valence-corrected chi connectivity index (χ2v) is 9.15. The molecule has 2 aromatic rings. The third-order valence-electron chi connectivity index (χ3n) is 6.56. The zero-order chi connectivity index (χ0) is 27.4. The third kappa shape index (κ3) is 5.40. The molecule has 1 aliphatic heterocycles. The molecule has 4 atom stereocenters. The first-order valence-corrected chi connectivity index (χ1v) is 12.2. The minimum Gasteiger partial charge on any atom is -0.466 e. The van der Waals surface area contributed by atoms with Gasteiger partial charge in [0.05, 0.1) is 41.1 Å². The number of anilines is 1. The highest BCUT2D eigenvalue weighted by Crippen LogP contribution is 2.49. The lowest BCUT2D eigenvalue weighted by Gasteiger charge is -2.45. The molecule has 12 heteroatoms. The van der Waals surface area contributed by atoms with Crippen LogP contribution in [0.2, 0.25) is 0 Å². The fourth-order valence-electron chi connectivity index (χ4n) is 4.93. The second-order valence-electron chi connectivity index (χ2n) is 9.15. The van der Waals surface area contributed by atoms with Gasteiger partial charge in [0.25, 0.3) is 5.69 Å². The SMILES string of the molecule is CCOC(=O)[C@@H]1C(=NNc2ccc([N+](=O)[O-])cc2)C[C@](C)(O)[C@@H](C(=O)OCC)[C@H]1c1ccc2c(c1)OCO2. The number of hydrogen-bond donors (Lipinski definition) is 2. The highest BCUT2D eigenvalue weighted by molar-refractivity contribution is 6.06. The summed E-state index contributed by atoms with van der Waals surface area (Å²) in [6, 6.07) is 10.6. The molecule has 0 spiro atoms. The first-order chi connectivity index (χ1) is 18.2. The Morgan fingerprint density at radius 3 is 2.42 bits per heavy atom. The summed E-state index contributed by atoms with van der Waals surface area (Å²) >= 11 is 0. The molecule has 1 fully saturated rings. The van der Waals surface area contributed by atoms with Crippen LogP contribution in [0.25, 0.3) is 0 Å². The molecule has 0 unspecified atom stereocenters. The third-order valence-corrected chi connectivity index (χ3v) is 6.56. The van der Waals surface area contributed by atoms with Gasteiger partial charge in [-0.05, 0) is 50.6 Å². The van der Waals surface area contributed by atoms with E-state index in [9.17, 15) is 24.8 Å². The number of nitrogens with one attached hydrogen (secondary N) is 1. The number of non-ortho nitro benzene ring substituents is 1. The zero-order valence-electron chi connectivity index (χ0n) is 21.2. The molecule has 2 N–H and O–H groups in total. The number of nitro groups is 1. The molecule has 12 nitrogen and oxygen atoms in total. The van der Waals surface area contributed by atoms with Gasteiger partial charge in [-0.1, -0.05) is 6.07 Å². The van der Waals surface area contributed by atoms with Gasteiger partial charge in [0, 0.05) is 24.5 Å². The van der Waals surface area contributed by atoms with Gasteiger partial charge in [-0.25, -0.2) is 0 Å². The van der Waals surface area contributed by atoms with Gasteiger partial charge < -0.3 is 24.1 Å². The highest BCUT2D eigenvalue weighted by Gasteiger charge is 2.56. The van der Waals surface area contributed by atoms with Crippen molar-refractivity contribution in [3.63, 3.8) is 0 Å². The predicted octanol–water partition coefficient (Wildman–Crippen LogP) is 3.39. The fourth-order valence-corrected chi connectivity index (χ4v) is 4.93. The zero-order valence-corrected chi connectivity index (χ0v) is 21.2. The van der Waals surface area contributed by atoms with Crippen LogP contribution in [0.3, 0.4) is 0 Å². The topological polar surface area (TPSA) is 159 Å². The molecule has 2 aromatic carbocycles. The van der Waals surface area contributed by atoms with Crippen LogP contribution in [0.1, 0.15) is 38.7 Å². The first-order valence-electron chi connectivity index (χ1n) is 12.2. The highest BCUT2D eigenvalue weighted by atomic mass is 16.7. The van der Waals surface area contributed by atoms with Crippen molar-refractivity contribution >= 4 is 29.0 Å². The molecule has 4 rings (SSSR count). The van der Waals surface area contributed by atoms with Gasteiger partial charge in [0.1, 0.15) is 5.92 Å². The van der Waals surface area contributed by atoms with Crippen LogP contribution in [0.4, 0.5) is 11.4 Å². The minimum absolute atomic E-state index is 0.0373. The van der Waals surface area contributed by atoms with Gasteiger partial charge in [-0.2, -0.15) is 5.10 Å². The van der Waals surface area contributed by atoms with E-state index in [0.717, 1.165) is 0 Å². The van der Waals surface area contributed by atoms with Crippen molar-refractivity contribution in [3.8, 4) is 11.5 Å². The van der Waals surface area contributed by atoms with Gasteiger partial charge in [-0.15, -0.1) is 0 Å². The number of ether oxygens (including phenoxy) is 4. The van der Waals surface area contributed by atoms with Crippen molar-refractivity contribution < 1.29 is 38.6 Å². The monoisotopic (exact) mass is 527 g/mol. The Balaban J connectivity index is 1.80. The molecule has 202 valence electrons. The molecule has 38 heavy (non-hydrogen) atoms. The Morgan fingerprint density at radius 2 is 1.76 bits per heavy atom. The summed E-state index contributed by atoms with van der Waals surface area (Å²) in [4.78, 5) is 37.1. The fraction of sp³-hybridized carbons (Fsp3) is 0.423. The molecule has 1 heterocycles. The molecule has 0 saturated heterocycles. The Labute approximate surface area is 218 Å². The van der Waals surface area contributed by atoms with Crippen molar-refractivity contribution in [2.24, 2.45) is 16.9 Å². The van der Waals surface area contributed by atoms with Crippen molar-refractivity contribution in [2.75, 3.05) is 25.4 Å². The largest absolute Gasteiger partial charge is 0.466 e. The average molecular weight is 528 g/mol. The average Bonchev–Trinajstić information content (AvgIpc) is 3.35. The minimum atomic E-state index is -1.65. The van der Waals surface area contributed by atoms with E-state index < -0.39 is 40.2 Å². The number of hydrogen-bond acceptors (Lipinski definition) is 11. The predicted molar refractivity (Wildman–Crippen MR) is 135 cm³/mol. The lowest BCUT2D eigenvalue weighted by molar-refractivity contribution is -0.384. The summed E-state index contributed by atoms with van der Waals surface area (Å²) in [5.74, 6) is -3.42. The molecule has 1 saturated carbocycles. The molecule has 2 aliphatic rings. The van der Waals surface area contributed by atoms with E-state index in [0.29, 0.717) is 22.7 Å². The molecule has 0 radical (unpaired) electrons. The molecule has 1 aliphatic carbocycles. The Kier molecular flexibility index (Phi) is 7.81. The van der Waals surface area contributed by atoms with E-state index in [1.54, 1.807) is 32.0 Å². The summed E-state index contributed by atoms with van der Waals surface area (Å²) in [5, 5.41) is 26.9. The maximum atomic E-state index is 13.4. The number of nitro benzene ring substituents is 1. The van der Waals surface area contributed by atoms with Gasteiger partial charge in [0.15, 0.2) is 11.5 Å². The number of carbonyl (C=O) groups excluding carboxylic acids is 2. The van der Waals surface area contributed by atoms with E-state index >= 15 is 0 Å². The second kappa shape index (κ2) is 11.1. The van der Waals surface area contributed by atoms with E-state index in [2.05, 4.69) is 10.5 Å². The van der Waals surface area contributed by atoms with Crippen LogP contribution >= 0.6 is 0 Å². The van der Waals surface area contributed by atoms with Crippen LogP contribution < -0.4 is 14.9 Å². The molecule has 0 bridgehead atoms. The normalized spacial score (nSPS) is 25.1. The van der Waals surface area contributed by atoms with E-state index in [-0.39, 0.29) is 37.8 Å². The standard InChI is InChI=1S/C26H29N3O9/c1-4-35-24(30)22-18(28-27-16-7-9-17(10-8-16)29(33)34)13-26(3,32)23(25(31)36-5-2)21(22)15-6-11-19-20(12-15)38-14-37-19/h6-12,21-23,27,32H,4-5,13-14H2,1-3H3/t21-,22+,23+,26-/m0/s1. The Morgan fingerprint density at radius 1 is 1.11 bits per heavy atom. The number of hydrazone groups is 1. The molecule has 0 aromatic heterocycles. The number of benzene rings is 2. The quantitative estimate of drug-likeness (QED) is 0.296. The first kappa shape index (κ1) is 26.9. The lowest BCUT2D eigenvalue weighted by atomic mass is 9.61. The van der Waals surface area contributed by atoms with E-state index in [4.69, 9.17) is 18.9 Å². The van der Waals surface area contributed by atoms with Crippen LogP contribution in [0.15, 0.2) is 47.6 Å². The lowest BCUT2D eigenvalue weighted by Crippen LogP contribution is -2.55. The molecular weight excluding hydrogens is 498 g/mol. The van der Waals surface area contributed by atoms with E-state index in [1.807, 2.05) is 0 Å². The maximum absolute atomic E-state index is 13.4. The van der Waals surface area contributed by atoms with Gasteiger partial charge in [0.2, 0.25) is 6.79 Å². The van der Waals surface area contributed by atoms with Crippen molar-refractivity contribution in [1.29, 1.82) is 0 Å². The number of fused-ring (bicyclic) bond motifs is 1. The number of carbonyl (C=O) groups is 2. The van der Waals surface area contributed by atoms with Crippen LogP contribution in [-0.2, 0) is 19.1 Å². The van der Waals surface area contributed by atoms with Gasteiger partial charge >= 0.3 is 11.9 Å². The number of rotatable bonds is 8. The smallest absolute Gasteiger partial charge is 0.315 e. The summed E-state index contributed by atoms with van der Waals surface area (Å²) < 4.78 is 21.6. The number of esters is 2. The van der Waals surface area contributed by atoms with E-state index in [1.165, 1.54) is 31.2 Å². The van der Waals surface area contributed by atoms with Crippen molar-refractivity contribution in [2.45, 2.75) is 38.7 Å². The summed E-state index contributed by atoms with van der Waals surface area (Å²) in [5.41, 5.74) is 2.29. The van der Waals surface area contributed by atoms with Crippen LogP contribution in [0, 0.1) is 22.0 Å². The Hall–Kier alpha value is -4.19. The number of nitrogens with zero attached hydrogens (tertiary/aromatic N) is 2. The summed E-state index contributed by atoms with van der Waals surface area (Å²) in [7, 11) is 0. The van der Waals surface area contributed by atoms with Gasteiger partial charge in [-0.3, -0.25) is 25.1 Å². The van der Waals surface area contributed by atoms with Crippen LogP contribution in [-0.4, -0.2) is 53.3 Å². The van der Waals surface area contributed by atoms with Crippen LogP contribution in [0.5, 0.6) is 11.5 Å². The Bertz CT molecular complexity index is 1240. The van der Waals surface area contributed by atoms with Crippen molar-refractivity contribution in [1.82, 2.24) is 0 Å². The number of aliphatic hydroxyl groups is 1. The molecular formula is C26H29N3O9. The molecule has 0 amide bonds. The maximum Gasteiger partial charge on any atom is 0.315 e. The summed E-state index contributed by atoms with van der Waals surface area (Å²) in [6.07, 6.45) is -0.138. The summed E-state index contributed by atoms with van der Waals surface area (Å²) in [6.45, 7) is 5.04.